The molecule has 33 heavy (non-hydrogen) atoms. The number of para-hydroxylation sites is 2. The van der Waals surface area contributed by atoms with E-state index in [0.29, 0.717) is 36.4 Å². The second kappa shape index (κ2) is 10.1. The minimum Gasteiger partial charge on any atom is -0.492 e. The number of ether oxygens (including phenoxy) is 1. The number of carbonyl (C=O) groups excluding carboxylic acids is 1. The molecule has 0 aliphatic heterocycles. The first kappa shape index (κ1) is 22.2. The molecular formula is C26H26N4O3. The third kappa shape index (κ3) is 4.77. The third-order valence-corrected chi connectivity index (χ3v) is 5.42. The molecule has 0 saturated carbocycles. The molecule has 0 saturated heterocycles. The zero-order valence-corrected chi connectivity index (χ0v) is 18.8. The lowest BCUT2D eigenvalue weighted by Crippen LogP contribution is -2.38. The van der Waals surface area contributed by atoms with Gasteiger partial charge in [-0.2, -0.15) is 5.10 Å². The second-order valence-electron chi connectivity index (χ2n) is 7.53. The SMILES string of the molecule is CCOc1ccccc1N(CC)C(=O)Cn1nc(Cc2ccncc2)c2ccccc2c1=O. The average Bonchev–Trinajstić information content (AvgIpc) is 2.84. The lowest BCUT2D eigenvalue weighted by molar-refractivity contribution is -0.119. The van der Waals surface area contributed by atoms with E-state index in [1.165, 1.54) is 4.68 Å². The number of carbonyl (C=O) groups is 1. The monoisotopic (exact) mass is 442 g/mol. The van der Waals surface area contributed by atoms with E-state index in [0.717, 1.165) is 16.6 Å². The molecule has 0 aliphatic rings. The van der Waals surface area contributed by atoms with Crippen LogP contribution in [0.5, 0.6) is 5.75 Å². The fourth-order valence-corrected chi connectivity index (χ4v) is 3.89. The van der Waals surface area contributed by atoms with Crippen molar-refractivity contribution in [1.82, 2.24) is 14.8 Å². The highest BCUT2D eigenvalue weighted by Crippen LogP contribution is 2.28. The van der Waals surface area contributed by atoms with E-state index < -0.39 is 0 Å². The topological polar surface area (TPSA) is 77.3 Å². The Morgan fingerprint density at radius 3 is 2.39 bits per heavy atom. The molecule has 0 aliphatic carbocycles. The minimum atomic E-state index is -0.286. The third-order valence-electron chi connectivity index (χ3n) is 5.42. The number of hydrogen-bond acceptors (Lipinski definition) is 5. The highest BCUT2D eigenvalue weighted by atomic mass is 16.5. The maximum absolute atomic E-state index is 13.3. The van der Waals surface area contributed by atoms with Gasteiger partial charge < -0.3 is 9.64 Å². The lowest BCUT2D eigenvalue weighted by atomic mass is 10.1. The average molecular weight is 443 g/mol. The Kier molecular flexibility index (Phi) is 6.78. The quantitative estimate of drug-likeness (QED) is 0.414. The van der Waals surface area contributed by atoms with Crippen molar-refractivity contribution in [2.45, 2.75) is 26.8 Å². The van der Waals surface area contributed by atoms with E-state index in [1.807, 2.05) is 68.4 Å². The molecule has 1 amide bonds. The lowest BCUT2D eigenvalue weighted by Gasteiger charge is -2.24. The molecule has 2 heterocycles. The van der Waals surface area contributed by atoms with Crippen molar-refractivity contribution in [2.75, 3.05) is 18.1 Å². The van der Waals surface area contributed by atoms with Crippen LogP contribution in [0.25, 0.3) is 10.8 Å². The molecule has 4 aromatic rings. The van der Waals surface area contributed by atoms with Gasteiger partial charge in [-0.05, 0) is 49.7 Å². The first-order chi connectivity index (χ1) is 16.1. The summed E-state index contributed by atoms with van der Waals surface area (Å²) in [6.45, 7) is 4.56. The molecule has 7 heteroatoms. The summed E-state index contributed by atoms with van der Waals surface area (Å²) in [6, 6.07) is 18.6. The molecule has 0 spiro atoms. The molecule has 0 fully saturated rings. The highest BCUT2D eigenvalue weighted by molar-refractivity contribution is 5.95. The maximum atomic E-state index is 13.3. The van der Waals surface area contributed by atoms with Crippen LogP contribution in [-0.2, 0) is 17.8 Å². The van der Waals surface area contributed by atoms with E-state index in [4.69, 9.17) is 4.74 Å². The van der Waals surface area contributed by atoms with Gasteiger partial charge in [0, 0.05) is 30.7 Å². The number of pyridine rings is 1. The predicted molar refractivity (Wildman–Crippen MR) is 129 cm³/mol. The van der Waals surface area contributed by atoms with Crippen LogP contribution in [0.1, 0.15) is 25.1 Å². The Morgan fingerprint density at radius 1 is 0.970 bits per heavy atom. The summed E-state index contributed by atoms with van der Waals surface area (Å²) in [5.74, 6) is 0.400. The summed E-state index contributed by atoms with van der Waals surface area (Å²) in [7, 11) is 0. The van der Waals surface area contributed by atoms with E-state index >= 15 is 0 Å². The number of benzene rings is 2. The highest BCUT2D eigenvalue weighted by Gasteiger charge is 2.20. The van der Waals surface area contributed by atoms with Crippen LogP contribution in [0.3, 0.4) is 0 Å². The molecule has 7 nitrogen and oxygen atoms in total. The zero-order valence-electron chi connectivity index (χ0n) is 18.8. The number of anilines is 1. The van der Waals surface area contributed by atoms with Gasteiger partial charge in [0.1, 0.15) is 12.3 Å². The van der Waals surface area contributed by atoms with Crippen LogP contribution in [-0.4, -0.2) is 33.8 Å². The smallest absolute Gasteiger partial charge is 0.275 e. The summed E-state index contributed by atoms with van der Waals surface area (Å²) in [5.41, 5.74) is 2.16. The zero-order chi connectivity index (χ0) is 23.2. The van der Waals surface area contributed by atoms with E-state index in [-0.39, 0.29) is 18.0 Å². The van der Waals surface area contributed by atoms with Gasteiger partial charge >= 0.3 is 0 Å². The van der Waals surface area contributed by atoms with Crippen molar-refractivity contribution >= 4 is 22.4 Å². The number of hydrogen-bond donors (Lipinski definition) is 0. The van der Waals surface area contributed by atoms with Gasteiger partial charge in [-0.1, -0.05) is 30.3 Å². The molecule has 0 radical (unpaired) electrons. The Balaban J connectivity index is 1.71. The summed E-state index contributed by atoms with van der Waals surface area (Å²) in [5, 5.41) is 5.94. The van der Waals surface area contributed by atoms with Crippen molar-refractivity contribution in [3.63, 3.8) is 0 Å². The molecule has 2 aromatic heterocycles. The van der Waals surface area contributed by atoms with Gasteiger partial charge in [0.15, 0.2) is 0 Å². The van der Waals surface area contributed by atoms with E-state index in [1.54, 1.807) is 23.4 Å². The number of rotatable bonds is 8. The molecule has 4 rings (SSSR count). The number of likely N-dealkylation sites (N-methyl/N-ethyl adjacent to an activating group) is 1. The fraction of sp³-hybridized carbons (Fsp3) is 0.231. The molecule has 0 unspecified atom stereocenters. The van der Waals surface area contributed by atoms with Gasteiger partial charge in [0.2, 0.25) is 5.91 Å². The normalized spacial score (nSPS) is 10.8. The van der Waals surface area contributed by atoms with E-state index in [9.17, 15) is 9.59 Å². The molecule has 168 valence electrons. The number of amides is 1. The van der Waals surface area contributed by atoms with Gasteiger partial charge in [0.05, 0.1) is 23.4 Å². The van der Waals surface area contributed by atoms with Crippen LogP contribution in [0, 0.1) is 0 Å². The first-order valence-corrected chi connectivity index (χ1v) is 11.0. The summed E-state index contributed by atoms with van der Waals surface area (Å²) in [6.07, 6.45) is 3.99. The Morgan fingerprint density at radius 2 is 1.67 bits per heavy atom. The van der Waals surface area contributed by atoms with Gasteiger partial charge in [-0.3, -0.25) is 14.6 Å². The molecule has 0 N–H and O–H groups in total. The van der Waals surface area contributed by atoms with Crippen LogP contribution in [0.4, 0.5) is 5.69 Å². The first-order valence-electron chi connectivity index (χ1n) is 11.0. The van der Waals surface area contributed by atoms with E-state index in [2.05, 4.69) is 10.1 Å². The van der Waals surface area contributed by atoms with Crippen molar-refractivity contribution in [2.24, 2.45) is 0 Å². The van der Waals surface area contributed by atoms with Gasteiger partial charge in [-0.15, -0.1) is 0 Å². The van der Waals surface area contributed by atoms with Gasteiger partial charge in [0.25, 0.3) is 5.56 Å². The van der Waals surface area contributed by atoms with Crippen LogP contribution >= 0.6 is 0 Å². The van der Waals surface area contributed by atoms with Crippen LogP contribution in [0.2, 0.25) is 0 Å². The van der Waals surface area contributed by atoms with Crippen LogP contribution < -0.4 is 15.2 Å². The summed E-state index contributed by atoms with van der Waals surface area (Å²) >= 11 is 0. The number of nitrogens with zero attached hydrogens (tertiary/aromatic N) is 4. The number of fused-ring (bicyclic) bond motifs is 1. The van der Waals surface area contributed by atoms with Crippen molar-refractivity contribution in [3.05, 3.63) is 94.7 Å². The summed E-state index contributed by atoms with van der Waals surface area (Å²) in [4.78, 5) is 32.2. The Labute approximate surface area is 192 Å². The largest absolute Gasteiger partial charge is 0.492 e. The molecule has 0 bridgehead atoms. The fourth-order valence-electron chi connectivity index (χ4n) is 3.89. The standard InChI is InChI=1S/C26H26N4O3/c1-3-29(23-11-7-8-12-24(23)33-4-2)25(31)18-30-26(32)21-10-6-5-9-20(21)22(28-30)17-19-13-15-27-16-14-19/h5-16H,3-4,17-18H2,1-2H3. The van der Waals surface area contributed by atoms with Crippen molar-refractivity contribution in [3.8, 4) is 5.75 Å². The van der Waals surface area contributed by atoms with Gasteiger partial charge in [-0.25, -0.2) is 4.68 Å². The Hall–Kier alpha value is -4.00. The van der Waals surface area contributed by atoms with Crippen molar-refractivity contribution < 1.29 is 9.53 Å². The molecular weight excluding hydrogens is 416 g/mol. The molecule has 2 aromatic carbocycles. The molecule has 0 atom stereocenters. The maximum Gasteiger partial charge on any atom is 0.275 e. The minimum absolute atomic E-state index is 0.165. The van der Waals surface area contributed by atoms with Crippen LogP contribution in [0.15, 0.2) is 77.9 Å². The Bertz CT molecular complexity index is 1320. The van der Waals surface area contributed by atoms with Crippen molar-refractivity contribution in [1.29, 1.82) is 0 Å². The second-order valence-corrected chi connectivity index (χ2v) is 7.53. The summed E-state index contributed by atoms with van der Waals surface area (Å²) < 4.78 is 6.97. The predicted octanol–water partition coefficient (Wildman–Crippen LogP) is 3.83. The number of aromatic nitrogens is 3.